The van der Waals surface area contributed by atoms with E-state index >= 15 is 0 Å². The smallest absolute Gasteiger partial charge is 0.248 e. The van der Waals surface area contributed by atoms with Crippen LogP contribution in [0, 0.1) is 11.3 Å². The van der Waals surface area contributed by atoms with Crippen LogP contribution in [0.5, 0.6) is 0 Å². The van der Waals surface area contributed by atoms with Gasteiger partial charge in [0.2, 0.25) is 5.91 Å². The normalized spacial score (nSPS) is 16.1. The number of nitriles is 1. The number of benzene rings is 1. The van der Waals surface area contributed by atoms with Crippen molar-refractivity contribution in [1.82, 2.24) is 24.3 Å². The number of rotatable bonds is 5. The number of carbonyl (C=O) groups excluding carboxylic acids is 1. The van der Waals surface area contributed by atoms with Crippen molar-refractivity contribution in [3.8, 4) is 17.2 Å². The number of nitrogens with zero attached hydrogens (tertiary/aromatic N) is 6. The van der Waals surface area contributed by atoms with E-state index in [-0.39, 0.29) is 11.9 Å². The lowest BCUT2D eigenvalue weighted by molar-refractivity contribution is -0.135. The van der Waals surface area contributed by atoms with E-state index in [0.717, 1.165) is 39.3 Å². The van der Waals surface area contributed by atoms with E-state index in [9.17, 15) is 15.2 Å². The molecule has 1 saturated heterocycles. The predicted octanol–water partition coefficient (Wildman–Crippen LogP) is 3.38. The summed E-state index contributed by atoms with van der Waals surface area (Å²) in [4.78, 5) is 15.6. The molecule has 1 N–H and O–H groups in total. The number of hydrogen-bond donors (Lipinski definition) is 1. The highest BCUT2D eigenvalue weighted by Gasteiger charge is 2.25. The molecule has 1 aliphatic rings. The van der Waals surface area contributed by atoms with Gasteiger partial charge in [0.1, 0.15) is 12.7 Å². The molecular formula is C24H22N6O2S. The molecule has 8 nitrogen and oxygen atoms in total. The van der Waals surface area contributed by atoms with Crippen molar-refractivity contribution in [2.75, 3.05) is 19.7 Å². The first-order chi connectivity index (χ1) is 16.2. The van der Waals surface area contributed by atoms with E-state index in [2.05, 4.69) is 22.3 Å². The average Bonchev–Trinajstić information content (AvgIpc) is 3.52. The lowest BCUT2D eigenvalue weighted by Crippen LogP contribution is -2.42. The summed E-state index contributed by atoms with van der Waals surface area (Å²) in [7, 11) is 0. The second kappa shape index (κ2) is 9.10. The second-order valence-electron chi connectivity index (χ2n) is 7.97. The largest absolute Gasteiger partial charge is 0.387 e. The first kappa shape index (κ1) is 21.2. The lowest BCUT2D eigenvalue weighted by atomic mass is 10.1. The summed E-state index contributed by atoms with van der Waals surface area (Å²) in [6.45, 7) is 0.744. The van der Waals surface area contributed by atoms with Gasteiger partial charge in [0.15, 0.2) is 0 Å². The molecular weight excluding hydrogens is 436 g/mol. The van der Waals surface area contributed by atoms with Gasteiger partial charge in [-0.15, -0.1) is 0 Å². The Morgan fingerprint density at radius 1 is 1.18 bits per heavy atom. The molecule has 0 spiro atoms. The third-order valence-corrected chi connectivity index (χ3v) is 6.90. The molecule has 5 rings (SSSR count). The Hall–Kier alpha value is -3.61. The molecule has 4 aromatic rings. The fraction of sp³-hybridized carbons (Fsp3) is 0.250. The first-order valence-corrected chi connectivity index (χ1v) is 11.6. The van der Waals surface area contributed by atoms with Crippen molar-refractivity contribution in [3.63, 3.8) is 0 Å². The summed E-state index contributed by atoms with van der Waals surface area (Å²) in [5.41, 5.74) is 3.20. The molecule has 1 fully saturated rings. The van der Waals surface area contributed by atoms with Crippen LogP contribution in [0.15, 0.2) is 71.0 Å². The van der Waals surface area contributed by atoms with Gasteiger partial charge < -0.3 is 10.0 Å². The lowest BCUT2D eigenvalue weighted by Gasteiger charge is -2.32. The maximum Gasteiger partial charge on any atom is 0.248 e. The molecule has 0 aliphatic carbocycles. The molecule has 0 saturated carbocycles. The summed E-state index contributed by atoms with van der Waals surface area (Å²) < 4.78 is 3.66. The second-order valence-corrected chi connectivity index (χ2v) is 9.09. The van der Waals surface area contributed by atoms with Crippen molar-refractivity contribution in [2.45, 2.75) is 28.7 Å². The maximum absolute atomic E-state index is 11.9. The molecule has 166 valence electrons. The maximum atomic E-state index is 11.9. The number of likely N-dealkylation sites (tertiary alicyclic amines) is 1. The number of hydrogen-bond acceptors (Lipinski definition) is 6. The van der Waals surface area contributed by atoms with Crippen LogP contribution in [-0.4, -0.2) is 55.0 Å². The number of aromatic nitrogens is 4. The van der Waals surface area contributed by atoms with Crippen LogP contribution in [0.25, 0.3) is 16.6 Å². The van der Waals surface area contributed by atoms with Crippen LogP contribution >= 0.6 is 11.8 Å². The molecule has 4 heterocycles. The monoisotopic (exact) mass is 458 g/mol. The summed E-state index contributed by atoms with van der Waals surface area (Å²) in [5.74, 6) is -0.243. The number of aliphatic hydroxyl groups excluding tert-OH is 1. The molecule has 1 aliphatic heterocycles. The van der Waals surface area contributed by atoms with E-state index in [1.807, 2.05) is 53.6 Å². The van der Waals surface area contributed by atoms with Gasteiger partial charge in [0.05, 0.1) is 29.5 Å². The fourth-order valence-corrected chi connectivity index (χ4v) is 5.23. The van der Waals surface area contributed by atoms with E-state index in [0.29, 0.717) is 18.7 Å². The molecule has 0 bridgehead atoms. The van der Waals surface area contributed by atoms with E-state index in [1.54, 1.807) is 27.4 Å². The third-order valence-electron chi connectivity index (χ3n) is 5.86. The molecule has 3 aromatic heterocycles. The van der Waals surface area contributed by atoms with Gasteiger partial charge in [0.25, 0.3) is 0 Å². The number of piperidine rings is 1. The minimum absolute atomic E-state index is 0.0693. The zero-order valence-electron chi connectivity index (χ0n) is 17.8. The van der Waals surface area contributed by atoms with Gasteiger partial charge in [0, 0.05) is 46.4 Å². The minimum atomic E-state index is -0.465. The minimum Gasteiger partial charge on any atom is -0.387 e. The Bertz CT molecular complexity index is 1340. The molecule has 1 aromatic carbocycles. The summed E-state index contributed by atoms with van der Waals surface area (Å²) >= 11 is 1.59. The zero-order chi connectivity index (χ0) is 22.8. The summed E-state index contributed by atoms with van der Waals surface area (Å²) in [6, 6.07) is 14.4. The third kappa shape index (κ3) is 4.23. The topological polar surface area (TPSA) is 99.5 Å². The van der Waals surface area contributed by atoms with Crippen LogP contribution in [0.1, 0.15) is 24.4 Å². The highest BCUT2D eigenvalue weighted by Crippen LogP contribution is 2.36. The van der Waals surface area contributed by atoms with Gasteiger partial charge in [-0.25, -0.2) is 4.52 Å². The summed E-state index contributed by atoms with van der Waals surface area (Å²) in [5, 5.41) is 27.7. The Labute approximate surface area is 195 Å². The van der Waals surface area contributed by atoms with Crippen molar-refractivity contribution >= 4 is 23.2 Å². The van der Waals surface area contributed by atoms with Crippen LogP contribution in [0.2, 0.25) is 0 Å². The van der Waals surface area contributed by atoms with Crippen LogP contribution in [0.3, 0.4) is 0 Å². The molecule has 0 radical (unpaired) electrons. The fourth-order valence-electron chi connectivity index (χ4n) is 4.20. The van der Waals surface area contributed by atoms with Crippen molar-refractivity contribution in [1.29, 1.82) is 5.26 Å². The highest BCUT2D eigenvalue weighted by molar-refractivity contribution is 7.99. The molecule has 33 heavy (non-hydrogen) atoms. The Morgan fingerprint density at radius 3 is 2.82 bits per heavy atom. The molecule has 1 amide bonds. The highest BCUT2D eigenvalue weighted by atomic mass is 32.2. The molecule has 9 heteroatoms. The number of pyridine rings is 1. The Balaban J connectivity index is 1.49. The number of fused-ring (bicyclic) bond motifs is 1. The van der Waals surface area contributed by atoms with Crippen molar-refractivity contribution in [2.24, 2.45) is 0 Å². The predicted molar refractivity (Wildman–Crippen MR) is 124 cm³/mol. The van der Waals surface area contributed by atoms with Crippen molar-refractivity contribution in [3.05, 3.63) is 66.7 Å². The van der Waals surface area contributed by atoms with Crippen LogP contribution < -0.4 is 0 Å². The average molecular weight is 459 g/mol. The Kier molecular flexibility index (Phi) is 5.86. The number of amides is 1. The van der Waals surface area contributed by atoms with Crippen LogP contribution in [-0.2, 0) is 4.79 Å². The standard InChI is InChI=1S/C24H22N6O2S/c25-10-18-11-27-30-13-17(9-22(24(18)30)33-21-6-2-1-3-7-21)19-12-26-29(14-19)20-5-4-8-28(15-20)23(32)16-31/h1-3,6-7,9,11-14,20,31H,4-5,8,15-16H2/t20-/m0/s1. The summed E-state index contributed by atoms with van der Waals surface area (Å²) in [6.07, 6.45) is 9.11. The van der Waals surface area contributed by atoms with E-state index < -0.39 is 6.61 Å². The van der Waals surface area contributed by atoms with Crippen LogP contribution in [0.4, 0.5) is 0 Å². The van der Waals surface area contributed by atoms with Gasteiger partial charge in [-0.1, -0.05) is 30.0 Å². The van der Waals surface area contributed by atoms with Gasteiger partial charge in [-0.2, -0.15) is 15.5 Å². The van der Waals surface area contributed by atoms with E-state index in [1.165, 1.54) is 0 Å². The van der Waals surface area contributed by atoms with E-state index in [4.69, 9.17) is 0 Å². The van der Waals surface area contributed by atoms with Gasteiger partial charge in [-0.3, -0.25) is 9.48 Å². The quantitative estimate of drug-likeness (QED) is 0.492. The number of carbonyl (C=O) groups is 1. The SMILES string of the molecule is N#Cc1cnn2cc(-c3cnn([C@H]4CCCN(C(=O)CO)C4)c3)cc(Sc3ccccc3)c12. The van der Waals surface area contributed by atoms with Gasteiger partial charge in [-0.05, 0) is 31.0 Å². The van der Waals surface area contributed by atoms with Gasteiger partial charge >= 0.3 is 0 Å². The Morgan fingerprint density at radius 2 is 2.03 bits per heavy atom. The molecule has 0 unspecified atom stereocenters. The zero-order valence-corrected chi connectivity index (χ0v) is 18.6. The van der Waals surface area contributed by atoms with Crippen molar-refractivity contribution < 1.29 is 9.90 Å². The first-order valence-electron chi connectivity index (χ1n) is 10.7. The molecule has 1 atom stereocenters. The number of aliphatic hydroxyl groups is 1.